The van der Waals surface area contributed by atoms with Crippen molar-refractivity contribution in [3.05, 3.63) is 48.7 Å². The number of aromatic nitrogens is 5. The molecule has 0 saturated heterocycles. The molecular weight excluding hydrogens is 284 g/mol. The molecule has 2 heterocycles. The van der Waals surface area contributed by atoms with Gasteiger partial charge in [0.2, 0.25) is 0 Å². The summed E-state index contributed by atoms with van der Waals surface area (Å²) in [6.07, 6.45) is 5.34. The van der Waals surface area contributed by atoms with E-state index < -0.39 is 5.91 Å². The fourth-order valence-electron chi connectivity index (χ4n) is 2.00. The van der Waals surface area contributed by atoms with Crippen molar-refractivity contribution in [1.29, 1.82) is 0 Å². The third kappa shape index (κ3) is 2.95. The first-order valence-electron chi connectivity index (χ1n) is 6.63. The molecule has 0 unspecified atom stereocenters. The Morgan fingerprint density at radius 3 is 2.77 bits per heavy atom. The molecule has 3 aromatic rings. The second-order valence-corrected chi connectivity index (χ2v) is 4.56. The van der Waals surface area contributed by atoms with Gasteiger partial charge in [0.15, 0.2) is 5.69 Å². The third-order valence-corrected chi connectivity index (χ3v) is 3.09. The molecule has 0 fully saturated rings. The van der Waals surface area contributed by atoms with E-state index in [0.717, 1.165) is 17.9 Å². The van der Waals surface area contributed by atoms with Crippen LogP contribution in [0.15, 0.2) is 43.0 Å². The van der Waals surface area contributed by atoms with Gasteiger partial charge in [-0.25, -0.2) is 4.98 Å². The van der Waals surface area contributed by atoms with Crippen LogP contribution >= 0.6 is 0 Å². The monoisotopic (exact) mass is 298 g/mol. The molecule has 0 radical (unpaired) electrons. The molecular formula is C14H14N6O2. The maximum atomic E-state index is 11.2. The van der Waals surface area contributed by atoms with Crippen molar-refractivity contribution in [2.75, 3.05) is 6.61 Å². The minimum atomic E-state index is -0.621. The van der Waals surface area contributed by atoms with Crippen LogP contribution in [0, 0.1) is 0 Å². The van der Waals surface area contributed by atoms with Crippen molar-refractivity contribution < 1.29 is 9.53 Å². The summed E-state index contributed by atoms with van der Waals surface area (Å²) in [7, 11) is 0. The quantitative estimate of drug-likeness (QED) is 0.700. The third-order valence-electron chi connectivity index (χ3n) is 3.09. The Balaban J connectivity index is 1.65. The molecule has 0 aliphatic carbocycles. The molecule has 0 aliphatic heterocycles. The summed E-state index contributed by atoms with van der Waals surface area (Å²) in [6, 6.07) is 7.22. The maximum Gasteiger partial charge on any atom is 0.271 e. The summed E-state index contributed by atoms with van der Waals surface area (Å²) >= 11 is 0. The van der Waals surface area contributed by atoms with Gasteiger partial charge in [-0.3, -0.25) is 4.79 Å². The smallest absolute Gasteiger partial charge is 0.271 e. The molecule has 3 rings (SSSR count). The van der Waals surface area contributed by atoms with Crippen LogP contribution in [0.4, 0.5) is 0 Å². The number of imidazole rings is 1. The lowest BCUT2D eigenvalue weighted by molar-refractivity contribution is 0.0996. The topological polar surface area (TPSA) is 112 Å². The van der Waals surface area contributed by atoms with Gasteiger partial charge in [0.1, 0.15) is 18.1 Å². The van der Waals surface area contributed by atoms with Crippen LogP contribution in [-0.2, 0) is 6.54 Å². The number of nitrogens with zero attached hydrogens (tertiary/aromatic N) is 4. The number of nitrogens with two attached hydrogens (primary N) is 1. The molecule has 1 amide bonds. The van der Waals surface area contributed by atoms with Crippen LogP contribution in [0.5, 0.6) is 5.75 Å². The van der Waals surface area contributed by atoms with E-state index in [0.29, 0.717) is 12.3 Å². The normalized spacial score (nSPS) is 10.5. The van der Waals surface area contributed by atoms with Crippen LogP contribution in [-0.4, -0.2) is 37.5 Å². The molecule has 2 aromatic heterocycles. The zero-order chi connectivity index (χ0) is 15.4. The Bertz CT molecular complexity index is 748. The van der Waals surface area contributed by atoms with Crippen molar-refractivity contribution in [3.8, 4) is 17.0 Å². The van der Waals surface area contributed by atoms with Crippen LogP contribution in [0.3, 0.4) is 0 Å². The molecule has 8 heteroatoms. The first-order valence-corrected chi connectivity index (χ1v) is 6.63. The Kier molecular flexibility index (Phi) is 3.82. The Labute approximate surface area is 125 Å². The second-order valence-electron chi connectivity index (χ2n) is 4.56. The second kappa shape index (κ2) is 6.08. The Morgan fingerprint density at radius 2 is 2.09 bits per heavy atom. The number of aromatic amines is 1. The van der Waals surface area contributed by atoms with Gasteiger partial charge in [0.25, 0.3) is 5.91 Å². The molecule has 22 heavy (non-hydrogen) atoms. The summed E-state index contributed by atoms with van der Waals surface area (Å²) in [5.74, 6) is 0.109. The van der Waals surface area contributed by atoms with Crippen LogP contribution < -0.4 is 10.5 Å². The van der Waals surface area contributed by atoms with Crippen molar-refractivity contribution >= 4 is 5.91 Å². The molecule has 0 bridgehead atoms. The predicted molar refractivity (Wildman–Crippen MR) is 78.1 cm³/mol. The van der Waals surface area contributed by atoms with E-state index in [2.05, 4.69) is 20.4 Å². The van der Waals surface area contributed by atoms with Crippen molar-refractivity contribution in [2.45, 2.75) is 6.54 Å². The van der Waals surface area contributed by atoms with E-state index in [-0.39, 0.29) is 5.69 Å². The van der Waals surface area contributed by atoms with Crippen molar-refractivity contribution in [3.63, 3.8) is 0 Å². The molecule has 0 aliphatic rings. The van der Waals surface area contributed by atoms with Gasteiger partial charge in [-0.2, -0.15) is 15.4 Å². The highest BCUT2D eigenvalue weighted by Gasteiger charge is 2.14. The summed E-state index contributed by atoms with van der Waals surface area (Å²) in [5, 5.41) is 10.1. The minimum absolute atomic E-state index is 0.119. The highest BCUT2D eigenvalue weighted by atomic mass is 16.5. The van der Waals surface area contributed by atoms with E-state index in [4.69, 9.17) is 10.5 Å². The van der Waals surface area contributed by atoms with E-state index in [9.17, 15) is 4.79 Å². The Hall–Kier alpha value is -3.16. The number of hydrogen-bond donors (Lipinski definition) is 2. The number of hydrogen-bond acceptors (Lipinski definition) is 5. The van der Waals surface area contributed by atoms with Gasteiger partial charge >= 0.3 is 0 Å². The van der Waals surface area contributed by atoms with E-state index in [1.165, 1.54) is 0 Å². The minimum Gasteiger partial charge on any atom is -0.492 e. The summed E-state index contributed by atoms with van der Waals surface area (Å²) < 4.78 is 7.58. The van der Waals surface area contributed by atoms with Crippen molar-refractivity contribution in [2.24, 2.45) is 5.73 Å². The molecule has 112 valence electrons. The Morgan fingerprint density at radius 1 is 1.27 bits per heavy atom. The van der Waals surface area contributed by atoms with Crippen molar-refractivity contribution in [1.82, 2.24) is 25.0 Å². The van der Waals surface area contributed by atoms with E-state index in [1.807, 2.05) is 22.9 Å². The fourth-order valence-corrected chi connectivity index (χ4v) is 2.00. The highest BCUT2D eigenvalue weighted by Crippen LogP contribution is 2.22. The lowest BCUT2D eigenvalue weighted by Gasteiger charge is -2.07. The van der Waals surface area contributed by atoms with Crippen LogP contribution in [0.25, 0.3) is 11.3 Å². The number of ether oxygens (including phenoxy) is 1. The SMILES string of the molecule is NC(=O)c1n[nH]nc1-c1ccc(OCCn2ccnc2)cc1. The zero-order valence-corrected chi connectivity index (χ0v) is 11.6. The lowest BCUT2D eigenvalue weighted by Crippen LogP contribution is -2.12. The molecule has 0 atom stereocenters. The summed E-state index contributed by atoms with van der Waals surface area (Å²) in [5.41, 5.74) is 6.53. The average Bonchev–Trinajstić information content (AvgIpc) is 3.19. The largest absolute Gasteiger partial charge is 0.492 e. The molecule has 0 saturated carbocycles. The first-order chi connectivity index (χ1) is 10.7. The fraction of sp³-hybridized carbons (Fsp3) is 0.143. The number of primary amides is 1. The van der Waals surface area contributed by atoms with Gasteiger partial charge < -0.3 is 15.0 Å². The number of nitrogens with one attached hydrogen (secondary N) is 1. The zero-order valence-electron chi connectivity index (χ0n) is 11.6. The standard InChI is InChI=1S/C14H14N6O2/c15-14(21)13-12(17-19-18-13)10-1-3-11(4-2-10)22-8-7-20-6-5-16-9-20/h1-6,9H,7-8H2,(H2,15,21)(H,17,18,19). The van der Waals surface area contributed by atoms with E-state index >= 15 is 0 Å². The number of carbonyl (C=O) groups is 1. The molecule has 3 N–H and O–H groups in total. The average molecular weight is 298 g/mol. The van der Waals surface area contributed by atoms with Crippen LogP contribution in [0.2, 0.25) is 0 Å². The first kappa shape index (κ1) is 13.8. The van der Waals surface area contributed by atoms with Crippen LogP contribution in [0.1, 0.15) is 10.5 Å². The van der Waals surface area contributed by atoms with Gasteiger partial charge in [-0.15, -0.1) is 0 Å². The molecule has 0 spiro atoms. The lowest BCUT2D eigenvalue weighted by atomic mass is 10.1. The highest BCUT2D eigenvalue weighted by molar-refractivity contribution is 5.96. The van der Waals surface area contributed by atoms with E-state index in [1.54, 1.807) is 24.7 Å². The maximum absolute atomic E-state index is 11.2. The van der Waals surface area contributed by atoms with Gasteiger partial charge in [0, 0.05) is 18.0 Å². The van der Waals surface area contributed by atoms with Gasteiger partial charge in [-0.05, 0) is 24.3 Å². The van der Waals surface area contributed by atoms with Gasteiger partial charge in [-0.1, -0.05) is 0 Å². The molecule has 8 nitrogen and oxygen atoms in total. The summed E-state index contributed by atoms with van der Waals surface area (Å²) in [4.78, 5) is 15.2. The number of amides is 1. The predicted octanol–water partition coefficient (Wildman–Crippen LogP) is 0.846. The number of rotatable bonds is 6. The number of carbonyl (C=O) groups excluding carboxylic acids is 1. The number of benzene rings is 1. The number of H-pyrrole nitrogens is 1. The molecule has 1 aromatic carbocycles. The summed E-state index contributed by atoms with van der Waals surface area (Å²) in [6.45, 7) is 1.25. The van der Waals surface area contributed by atoms with Gasteiger partial charge in [0.05, 0.1) is 12.9 Å².